The Kier molecular flexibility index (Phi) is 3.17. The van der Waals surface area contributed by atoms with Crippen LogP contribution in [0.25, 0.3) is 0 Å². The fraction of sp³-hybridized carbons (Fsp3) is 0.143. The molecule has 0 aliphatic heterocycles. The van der Waals surface area contributed by atoms with E-state index in [-0.39, 0.29) is 0 Å². The Morgan fingerprint density at radius 2 is 2.08 bits per heavy atom. The third-order valence-electron chi connectivity index (χ3n) is 1.20. The van der Waals surface area contributed by atoms with E-state index in [2.05, 4.69) is 0 Å². The van der Waals surface area contributed by atoms with Crippen LogP contribution >= 0.6 is 23.4 Å². The fourth-order valence-electron chi connectivity index (χ4n) is 0.684. The number of hydrogen-bond acceptors (Lipinski definition) is 2. The summed E-state index contributed by atoms with van der Waals surface area (Å²) in [5.74, 6) is -2.43. The molecule has 0 atom stereocenters. The van der Waals surface area contributed by atoms with Gasteiger partial charge >= 0.3 is 0 Å². The third-order valence-corrected chi connectivity index (χ3v) is 2.23. The second-order valence-corrected chi connectivity index (χ2v) is 3.53. The van der Waals surface area contributed by atoms with E-state index in [0.29, 0.717) is 27.4 Å². The lowest BCUT2D eigenvalue weighted by Gasteiger charge is -2.01. The minimum atomic E-state index is -2.43. The lowest BCUT2D eigenvalue weighted by atomic mass is 10.3. The summed E-state index contributed by atoms with van der Waals surface area (Å²) in [6.07, 6.45) is 0. The highest BCUT2D eigenvalue weighted by atomic mass is 35.5. The monoisotopic (exact) mass is 209 g/mol. The largest absolute Gasteiger partial charge is 0.398 e. The van der Waals surface area contributed by atoms with Crippen molar-refractivity contribution in [2.75, 3.05) is 5.73 Å². The Hall–Kier alpha value is -0.480. The molecular formula is C7H6ClF2NS. The Morgan fingerprint density at radius 3 is 2.58 bits per heavy atom. The van der Waals surface area contributed by atoms with E-state index in [1.807, 2.05) is 0 Å². The molecule has 0 radical (unpaired) electrons. The van der Waals surface area contributed by atoms with Gasteiger partial charge in [0.25, 0.3) is 5.76 Å². The summed E-state index contributed by atoms with van der Waals surface area (Å²) in [7, 11) is 0. The van der Waals surface area contributed by atoms with Crippen LogP contribution in [0.3, 0.4) is 0 Å². The van der Waals surface area contributed by atoms with Gasteiger partial charge in [0.15, 0.2) is 0 Å². The molecule has 1 aromatic rings. The summed E-state index contributed by atoms with van der Waals surface area (Å²) >= 11 is 6.06. The second-order valence-electron chi connectivity index (χ2n) is 2.06. The Balaban J connectivity index is 2.82. The molecule has 0 aliphatic carbocycles. The molecule has 0 saturated heterocycles. The molecular weight excluding hydrogens is 204 g/mol. The van der Waals surface area contributed by atoms with Crippen molar-refractivity contribution < 1.29 is 8.78 Å². The summed E-state index contributed by atoms with van der Waals surface area (Å²) < 4.78 is 23.7. The van der Waals surface area contributed by atoms with E-state index in [1.165, 1.54) is 18.2 Å². The highest BCUT2D eigenvalue weighted by Crippen LogP contribution is 2.29. The Bertz CT molecular complexity index is 280. The maximum absolute atomic E-state index is 11.8. The summed E-state index contributed by atoms with van der Waals surface area (Å²) in [6.45, 7) is 0. The lowest BCUT2D eigenvalue weighted by molar-refractivity contribution is 0.252. The van der Waals surface area contributed by atoms with Crippen molar-refractivity contribution in [3.05, 3.63) is 23.2 Å². The van der Waals surface area contributed by atoms with Gasteiger partial charge in [0.1, 0.15) is 0 Å². The van der Waals surface area contributed by atoms with Crippen molar-refractivity contribution in [2.45, 2.75) is 10.7 Å². The fourth-order valence-corrected chi connectivity index (χ4v) is 1.47. The van der Waals surface area contributed by atoms with Crippen molar-refractivity contribution in [1.29, 1.82) is 0 Å². The van der Waals surface area contributed by atoms with Crippen LogP contribution in [0.2, 0.25) is 5.02 Å². The highest BCUT2D eigenvalue weighted by Gasteiger charge is 2.06. The van der Waals surface area contributed by atoms with Gasteiger partial charge in [0.2, 0.25) is 0 Å². The molecule has 12 heavy (non-hydrogen) atoms. The van der Waals surface area contributed by atoms with Crippen molar-refractivity contribution in [3.63, 3.8) is 0 Å². The molecule has 1 aromatic carbocycles. The summed E-state index contributed by atoms with van der Waals surface area (Å²) in [5.41, 5.74) is 5.79. The van der Waals surface area contributed by atoms with Gasteiger partial charge in [-0.3, -0.25) is 0 Å². The van der Waals surface area contributed by atoms with Gasteiger partial charge in [-0.05, 0) is 18.2 Å². The smallest absolute Gasteiger partial charge is 0.288 e. The van der Waals surface area contributed by atoms with Gasteiger partial charge in [0, 0.05) is 4.90 Å². The van der Waals surface area contributed by atoms with E-state index in [9.17, 15) is 8.78 Å². The van der Waals surface area contributed by atoms with Gasteiger partial charge in [0.05, 0.1) is 10.7 Å². The third kappa shape index (κ3) is 2.53. The van der Waals surface area contributed by atoms with Crippen LogP contribution < -0.4 is 5.73 Å². The molecule has 0 aromatic heterocycles. The molecule has 66 valence electrons. The number of nitrogen functional groups attached to an aromatic ring is 1. The number of nitrogens with two attached hydrogens (primary N) is 1. The summed E-state index contributed by atoms with van der Waals surface area (Å²) in [4.78, 5) is 0.421. The van der Waals surface area contributed by atoms with Crippen molar-refractivity contribution in [3.8, 4) is 0 Å². The zero-order valence-corrected chi connectivity index (χ0v) is 7.50. The average molecular weight is 210 g/mol. The Labute approximate surface area is 77.9 Å². The number of anilines is 1. The first-order valence-electron chi connectivity index (χ1n) is 3.09. The molecule has 0 bridgehead atoms. The zero-order valence-electron chi connectivity index (χ0n) is 5.93. The van der Waals surface area contributed by atoms with Crippen LogP contribution in [-0.4, -0.2) is 5.76 Å². The standard InChI is InChI=1S/C7H6ClF2NS/c8-5-3-4(12-7(9)10)1-2-6(5)11/h1-3,7H,11H2. The highest BCUT2D eigenvalue weighted by molar-refractivity contribution is 7.99. The van der Waals surface area contributed by atoms with E-state index in [1.54, 1.807) is 0 Å². The van der Waals surface area contributed by atoms with Crippen LogP contribution in [0, 0.1) is 0 Å². The Morgan fingerprint density at radius 1 is 1.42 bits per heavy atom. The topological polar surface area (TPSA) is 26.0 Å². The van der Waals surface area contributed by atoms with E-state index in [0.717, 1.165) is 0 Å². The number of rotatable bonds is 2. The van der Waals surface area contributed by atoms with E-state index >= 15 is 0 Å². The van der Waals surface area contributed by atoms with Crippen LogP contribution in [0.4, 0.5) is 14.5 Å². The molecule has 1 rings (SSSR count). The van der Waals surface area contributed by atoms with Gasteiger partial charge in [-0.15, -0.1) is 0 Å². The molecule has 0 heterocycles. The predicted octanol–water partition coefficient (Wildman–Crippen LogP) is 3.24. The minimum Gasteiger partial charge on any atom is -0.398 e. The average Bonchev–Trinajstić information content (AvgIpc) is 1.96. The van der Waals surface area contributed by atoms with Crippen LogP contribution in [0.1, 0.15) is 0 Å². The second kappa shape index (κ2) is 3.96. The zero-order chi connectivity index (χ0) is 9.14. The molecule has 0 fully saturated rings. The maximum atomic E-state index is 11.8. The molecule has 5 heteroatoms. The molecule has 0 amide bonds. The van der Waals surface area contributed by atoms with Crippen molar-refractivity contribution in [1.82, 2.24) is 0 Å². The minimum absolute atomic E-state index is 0.306. The first-order valence-corrected chi connectivity index (χ1v) is 4.35. The molecule has 0 aliphatic rings. The van der Waals surface area contributed by atoms with Crippen LogP contribution in [-0.2, 0) is 0 Å². The number of halogens is 3. The quantitative estimate of drug-likeness (QED) is 0.598. The van der Waals surface area contributed by atoms with Crippen molar-refractivity contribution >= 4 is 29.1 Å². The molecule has 2 N–H and O–H groups in total. The first kappa shape index (κ1) is 9.61. The summed E-state index contributed by atoms with van der Waals surface area (Å²) in [6, 6.07) is 4.44. The summed E-state index contributed by atoms with van der Waals surface area (Å²) in [5, 5.41) is 0.306. The molecule has 0 saturated carbocycles. The molecule has 1 nitrogen and oxygen atoms in total. The molecule has 0 spiro atoms. The number of thioether (sulfide) groups is 1. The number of hydrogen-bond donors (Lipinski definition) is 1. The van der Waals surface area contributed by atoms with Crippen LogP contribution in [0.5, 0.6) is 0 Å². The van der Waals surface area contributed by atoms with Crippen LogP contribution in [0.15, 0.2) is 23.1 Å². The van der Waals surface area contributed by atoms with Gasteiger partial charge in [-0.25, -0.2) is 0 Å². The van der Waals surface area contributed by atoms with Gasteiger partial charge in [-0.1, -0.05) is 23.4 Å². The van der Waals surface area contributed by atoms with E-state index < -0.39 is 5.76 Å². The number of benzene rings is 1. The predicted molar refractivity (Wildman–Crippen MR) is 47.7 cm³/mol. The number of alkyl halides is 2. The van der Waals surface area contributed by atoms with Gasteiger partial charge in [-0.2, -0.15) is 8.78 Å². The first-order chi connectivity index (χ1) is 5.59. The van der Waals surface area contributed by atoms with E-state index in [4.69, 9.17) is 17.3 Å². The van der Waals surface area contributed by atoms with Gasteiger partial charge < -0.3 is 5.73 Å². The SMILES string of the molecule is Nc1ccc(SC(F)F)cc1Cl. The molecule has 0 unspecified atom stereocenters. The maximum Gasteiger partial charge on any atom is 0.288 e. The van der Waals surface area contributed by atoms with Crippen molar-refractivity contribution in [2.24, 2.45) is 0 Å². The lowest BCUT2D eigenvalue weighted by Crippen LogP contribution is -1.87. The normalized spacial score (nSPS) is 10.7.